The van der Waals surface area contributed by atoms with Crippen LogP contribution in [0.25, 0.3) is 0 Å². The van der Waals surface area contributed by atoms with Gasteiger partial charge in [-0.25, -0.2) is 0 Å². The summed E-state index contributed by atoms with van der Waals surface area (Å²) < 4.78 is 6.41. The third kappa shape index (κ3) is 1.81. The molecular formula is C19H23NO2. The van der Waals surface area contributed by atoms with E-state index < -0.39 is 0 Å². The number of rotatable bonds is 1. The maximum Gasteiger partial charge on any atom is 0.136 e. The van der Waals surface area contributed by atoms with Crippen molar-refractivity contribution in [1.82, 2.24) is 4.90 Å². The lowest BCUT2D eigenvalue weighted by Gasteiger charge is -2.36. The summed E-state index contributed by atoms with van der Waals surface area (Å²) in [4.78, 5) is 14.2. The van der Waals surface area contributed by atoms with Crippen LogP contribution in [0.5, 0.6) is 5.75 Å². The molecule has 2 heterocycles. The molecule has 0 amide bonds. The van der Waals surface area contributed by atoms with Crippen LogP contribution in [0.15, 0.2) is 24.3 Å². The van der Waals surface area contributed by atoms with Crippen molar-refractivity contribution in [1.29, 1.82) is 0 Å². The van der Waals surface area contributed by atoms with Gasteiger partial charge in [0, 0.05) is 18.0 Å². The van der Waals surface area contributed by atoms with Gasteiger partial charge in [-0.15, -0.1) is 0 Å². The Labute approximate surface area is 132 Å². The summed E-state index contributed by atoms with van der Waals surface area (Å²) in [6.07, 6.45) is 6.41. The van der Waals surface area contributed by atoms with Crippen LogP contribution in [0.1, 0.15) is 36.5 Å². The summed E-state index contributed by atoms with van der Waals surface area (Å²) in [5, 5.41) is 0. The molecule has 116 valence electrons. The zero-order valence-electron chi connectivity index (χ0n) is 13.6. The average Bonchev–Trinajstić information content (AvgIpc) is 2.76. The minimum absolute atomic E-state index is 0.00896. The normalized spacial score (nSPS) is 32.9. The van der Waals surface area contributed by atoms with Crippen molar-refractivity contribution in [3.05, 3.63) is 41.0 Å². The van der Waals surface area contributed by atoms with Gasteiger partial charge in [-0.3, -0.25) is 4.79 Å². The Balaban J connectivity index is 1.90. The molecule has 0 saturated carbocycles. The predicted octanol–water partition coefficient (Wildman–Crippen LogP) is 2.99. The number of Topliss-reactive ketones (excluding diaryl/α,β-unsaturated/α-hetero) is 1. The summed E-state index contributed by atoms with van der Waals surface area (Å²) in [6.45, 7) is 5.85. The SMILES string of the molecule is CC(=O)[C@H]1C=C[C@@]23CCN(C)Cc4ccc(C)c(c42)O[C@H]3C1. The van der Waals surface area contributed by atoms with Crippen LogP contribution in [0, 0.1) is 12.8 Å². The molecule has 0 unspecified atom stereocenters. The van der Waals surface area contributed by atoms with Gasteiger partial charge in [-0.05, 0) is 51.4 Å². The average molecular weight is 297 g/mol. The first-order chi connectivity index (χ1) is 10.5. The van der Waals surface area contributed by atoms with E-state index in [4.69, 9.17) is 4.74 Å². The Morgan fingerprint density at radius 1 is 1.41 bits per heavy atom. The molecule has 0 N–H and O–H groups in total. The molecule has 3 nitrogen and oxygen atoms in total. The van der Waals surface area contributed by atoms with Gasteiger partial charge in [0.1, 0.15) is 17.6 Å². The minimum atomic E-state index is -0.0343. The van der Waals surface area contributed by atoms with Crippen molar-refractivity contribution < 1.29 is 9.53 Å². The highest BCUT2D eigenvalue weighted by Crippen LogP contribution is 2.54. The van der Waals surface area contributed by atoms with Crippen LogP contribution in [-0.2, 0) is 16.8 Å². The number of aryl methyl sites for hydroxylation is 1. The van der Waals surface area contributed by atoms with E-state index in [0.29, 0.717) is 0 Å². The van der Waals surface area contributed by atoms with Crippen LogP contribution in [-0.4, -0.2) is 30.4 Å². The zero-order valence-corrected chi connectivity index (χ0v) is 13.6. The van der Waals surface area contributed by atoms with E-state index in [9.17, 15) is 4.79 Å². The Bertz CT molecular complexity index is 678. The maximum absolute atomic E-state index is 11.8. The number of carbonyl (C=O) groups excluding carboxylic acids is 1. The first-order valence-electron chi connectivity index (χ1n) is 8.19. The highest BCUT2D eigenvalue weighted by Gasteiger charge is 2.52. The number of nitrogens with zero attached hydrogens (tertiary/aromatic N) is 1. The lowest BCUT2D eigenvalue weighted by Crippen LogP contribution is -2.42. The van der Waals surface area contributed by atoms with E-state index in [2.05, 4.69) is 43.2 Å². The van der Waals surface area contributed by atoms with Gasteiger partial charge in [0.05, 0.1) is 5.41 Å². The second kappa shape index (κ2) is 4.69. The van der Waals surface area contributed by atoms with Gasteiger partial charge < -0.3 is 9.64 Å². The molecule has 4 rings (SSSR count). The number of hydrogen-bond donors (Lipinski definition) is 0. The molecule has 0 aromatic heterocycles. The van der Waals surface area contributed by atoms with Gasteiger partial charge in [0.15, 0.2) is 0 Å². The molecule has 3 atom stereocenters. The van der Waals surface area contributed by atoms with Crippen LogP contribution >= 0.6 is 0 Å². The summed E-state index contributed by atoms with van der Waals surface area (Å²) in [7, 11) is 2.19. The van der Waals surface area contributed by atoms with Crippen LogP contribution in [0.3, 0.4) is 0 Å². The summed E-state index contributed by atoms with van der Waals surface area (Å²) in [5.74, 6) is 1.33. The van der Waals surface area contributed by atoms with Gasteiger partial charge in [-0.2, -0.15) is 0 Å². The van der Waals surface area contributed by atoms with E-state index in [0.717, 1.165) is 31.7 Å². The van der Waals surface area contributed by atoms with Crippen LogP contribution < -0.4 is 4.74 Å². The van der Waals surface area contributed by atoms with Gasteiger partial charge >= 0.3 is 0 Å². The molecular weight excluding hydrogens is 274 g/mol. The monoisotopic (exact) mass is 297 g/mol. The smallest absolute Gasteiger partial charge is 0.136 e. The quantitative estimate of drug-likeness (QED) is 0.746. The lowest BCUT2D eigenvalue weighted by molar-refractivity contribution is -0.120. The first-order valence-corrected chi connectivity index (χ1v) is 8.19. The molecule has 1 aromatic carbocycles. The van der Waals surface area contributed by atoms with Crippen molar-refractivity contribution in [2.45, 2.75) is 44.8 Å². The zero-order chi connectivity index (χ0) is 15.5. The number of benzene rings is 1. The molecule has 3 aliphatic rings. The number of ether oxygens (including phenoxy) is 1. The fraction of sp³-hybridized carbons (Fsp3) is 0.526. The summed E-state index contributed by atoms with van der Waals surface area (Å²) in [6, 6.07) is 4.43. The second-order valence-electron chi connectivity index (χ2n) is 7.19. The van der Waals surface area contributed by atoms with E-state index in [1.165, 1.54) is 16.7 Å². The van der Waals surface area contributed by atoms with E-state index >= 15 is 0 Å². The standard InChI is InChI=1S/C19H23NO2/c1-12-4-5-15-11-20(3)9-8-19-7-6-14(13(2)21)10-16(19)22-18(12)17(15)19/h4-7,14,16H,8-11H2,1-3H3/t14-,16-,19-/m0/s1. The van der Waals surface area contributed by atoms with Crippen molar-refractivity contribution in [3.63, 3.8) is 0 Å². The molecule has 0 fully saturated rings. The second-order valence-corrected chi connectivity index (χ2v) is 7.19. The molecule has 0 bridgehead atoms. The van der Waals surface area contributed by atoms with E-state index in [1.807, 2.05) is 0 Å². The maximum atomic E-state index is 11.8. The van der Waals surface area contributed by atoms with Gasteiger partial charge in [0.2, 0.25) is 0 Å². The van der Waals surface area contributed by atoms with Crippen molar-refractivity contribution in [3.8, 4) is 5.75 Å². The molecule has 0 radical (unpaired) electrons. The number of allylic oxidation sites excluding steroid dienone is 1. The molecule has 0 saturated heterocycles. The number of ketones is 1. The molecule has 1 spiro atoms. The third-order valence-electron chi connectivity index (χ3n) is 5.70. The molecule has 3 heteroatoms. The number of hydrogen-bond acceptors (Lipinski definition) is 3. The van der Waals surface area contributed by atoms with E-state index in [-0.39, 0.29) is 23.2 Å². The molecule has 1 aromatic rings. The topological polar surface area (TPSA) is 29.5 Å². The Morgan fingerprint density at radius 3 is 3.00 bits per heavy atom. The van der Waals surface area contributed by atoms with Crippen molar-refractivity contribution >= 4 is 5.78 Å². The van der Waals surface area contributed by atoms with E-state index in [1.54, 1.807) is 6.92 Å². The van der Waals surface area contributed by atoms with Crippen molar-refractivity contribution in [2.24, 2.45) is 5.92 Å². The Kier molecular flexibility index (Phi) is 2.99. The lowest BCUT2D eigenvalue weighted by atomic mass is 9.67. The molecule has 1 aliphatic carbocycles. The third-order valence-corrected chi connectivity index (χ3v) is 5.70. The highest BCUT2D eigenvalue weighted by atomic mass is 16.5. The minimum Gasteiger partial charge on any atom is -0.489 e. The highest BCUT2D eigenvalue weighted by molar-refractivity contribution is 5.80. The molecule has 22 heavy (non-hydrogen) atoms. The van der Waals surface area contributed by atoms with Crippen molar-refractivity contribution in [2.75, 3.05) is 13.6 Å². The molecule has 2 aliphatic heterocycles. The largest absolute Gasteiger partial charge is 0.489 e. The van der Waals surface area contributed by atoms with Gasteiger partial charge in [-0.1, -0.05) is 24.3 Å². The summed E-state index contributed by atoms with van der Waals surface area (Å²) in [5.41, 5.74) is 3.95. The number of carbonyl (C=O) groups is 1. The fourth-order valence-corrected chi connectivity index (χ4v) is 4.39. The predicted molar refractivity (Wildman–Crippen MR) is 86.2 cm³/mol. The Hall–Kier alpha value is -1.61. The first kappa shape index (κ1) is 14.0. The van der Waals surface area contributed by atoms with Gasteiger partial charge in [0.25, 0.3) is 0 Å². The summed E-state index contributed by atoms with van der Waals surface area (Å²) >= 11 is 0. The Morgan fingerprint density at radius 2 is 2.23 bits per heavy atom. The fourth-order valence-electron chi connectivity index (χ4n) is 4.39. The van der Waals surface area contributed by atoms with Crippen LogP contribution in [0.4, 0.5) is 0 Å². The van der Waals surface area contributed by atoms with Crippen LogP contribution in [0.2, 0.25) is 0 Å².